The molecular formula is C11H13FOS. The molecule has 0 aromatic heterocycles. The quantitative estimate of drug-likeness (QED) is 0.736. The third kappa shape index (κ3) is 1.73. The van der Waals surface area contributed by atoms with Gasteiger partial charge in [0.25, 0.3) is 0 Å². The highest BCUT2D eigenvalue weighted by Gasteiger charge is 2.32. The van der Waals surface area contributed by atoms with Crippen LogP contribution in [0.4, 0.5) is 4.39 Å². The van der Waals surface area contributed by atoms with Crippen molar-refractivity contribution >= 4 is 10.8 Å². The molecule has 0 aliphatic heterocycles. The summed E-state index contributed by atoms with van der Waals surface area (Å²) in [5, 5.41) is 0.278. The summed E-state index contributed by atoms with van der Waals surface area (Å²) in [4.78, 5) is 0.753. The molecule has 1 fully saturated rings. The van der Waals surface area contributed by atoms with Crippen molar-refractivity contribution in [2.75, 3.05) is 0 Å². The Morgan fingerprint density at radius 1 is 1.29 bits per heavy atom. The fraction of sp³-hybridized carbons (Fsp3) is 0.455. The van der Waals surface area contributed by atoms with Crippen molar-refractivity contribution in [2.45, 2.75) is 29.9 Å². The van der Waals surface area contributed by atoms with Crippen molar-refractivity contribution in [3.63, 3.8) is 0 Å². The number of halogens is 1. The van der Waals surface area contributed by atoms with Crippen LogP contribution < -0.4 is 0 Å². The summed E-state index contributed by atoms with van der Waals surface area (Å²) in [7, 11) is -0.946. The Balaban J connectivity index is 2.15. The second-order valence-electron chi connectivity index (χ2n) is 3.84. The molecule has 2 rings (SSSR count). The second-order valence-corrected chi connectivity index (χ2v) is 5.52. The van der Waals surface area contributed by atoms with Crippen LogP contribution in [0.1, 0.15) is 19.8 Å². The van der Waals surface area contributed by atoms with Crippen LogP contribution in [-0.2, 0) is 10.8 Å². The summed E-state index contributed by atoms with van der Waals surface area (Å²) < 4.78 is 24.6. The molecule has 0 heterocycles. The average molecular weight is 212 g/mol. The summed E-state index contributed by atoms with van der Waals surface area (Å²) in [5.74, 6) is 0.272. The summed E-state index contributed by atoms with van der Waals surface area (Å²) >= 11 is 0. The van der Waals surface area contributed by atoms with Crippen molar-refractivity contribution in [1.29, 1.82) is 0 Å². The Bertz CT molecular complexity index is 347. The topological polar surface area (TPSA) is 17.1 Å². The molecule has 1 aromatic rings. The van der Waals surface area contributed by atoms with Crippen molar-refractivity contribution in [1.82, 2.24) is 0 Å². The first-order valence-electron chi connectivity index (χ1n) is 4.84. The molecule has 0 saturated heterocycles. The first-order chi connectivity index (χ1) is 6.68. The molecule has 0 bridgehead atoms. The van der Waals surface area contributed by atoms with Gasteiger partial charge < -0.3 is 0 Å². The van der Waals surface area contributed by atoms with Crippen LogP contribution in [0.2, 0.25) is 0 Å². The zero-order valence-electron chi connectivity index (χ0n) is 8.07. The fourth-order valence-corrected chi connectivity index (χ4v) is 3.36. The Labute approximate surface area is 85.8 Å². The maximum atomic E-state index is 12.6. The van der Waals surface area contributed by atoms with Gasteiger partial charge in [-0.2, -0.15) is 0 Å². The van der Waals surface area contributed by atoms with E-state index in [1.165, 1.54) is 12.1 Å². The number of benzene rings is 1. The molecule has 1 nitrogen and oxygen atoms in total. The highest BCUT2D eigenvalue weighted by Crippen LogP contribution is 2.33. The van der Waals surface area contributed by atoms with Crippen LogP contribution in [0.25, 0.3) is 0 Å². The lowest BCUT2D eigenvalue weighted by molar-refractivity contribution is 0.354. The first-order valence-corrected chi connectivity index (χ1v) is 6.06. The van der Waals surface area contributed by atoms with Gasteiger partial charge in [-0.3, -0.25) is 4.21 Å². The molecule has 1 saturated carbocycles. The average Bonchev–Trinajstić information content (AvgIpc) is 2.16. The molecule has 0 spiro atoms. The Kier molecular flexibility index (Phi) is 2.68. The molecule has 14 heavy (non-hydrogen) atoms. The molecule has 76 valence electrons. The van der Waals surface area contributed by atoms with Gasteiger partial charge in [-0.1, -0.05) is 6.92 Å². The van der Waals surface area contributed by atoms with E-state index in [1.54, 1.807) is 12.1 Å². The monoisotopic (exact) mass is 212 g/mol. The second kappa shape index (κ2) is 3.81. The lowest BCUT2D eigenvalue weighted by atomic mass is 9.87. The van der Waals surface area contributed by atoms with Crippen LogP contribution in [0.15, 0.2) is 29.2 Å². The lowest BCUT2D eigenvalue weighted by Gasteiger charge is -2.32. The van der Waals surface area contributed by atoms with Gasteiger partial charge in [-0.15, -0.1) is 0 Å². The maximum absolute atomic E-state index is 12.6. The van der Waals surface area contributed by atoms with Crippen molar-refractivity contribution in [3.8, 4) is 0 Å². The summed E-state index contributed by atoms with van der Waals surface area (Å²) in [5.41, 5.74) is 0. The highest BCUT2D eigenvalue weighted by molar-refractivity contribution is 7.85. The zero-order valence-corrected chi connectivity index (χ0v) is 8.89. The van der Waals surface area contributed by atoms with Gasteiger partial charge in [0, 0.05) is 10.1 Å². The molecule has 1 aliphatic rings. The number of hydrogen-bond donors (Lipinski definition) is 0. The van der Waals surface area contributed by atoms with Gasteiger partial charge in [-0.05, 0) is 43.0 Å². The Morgan fingerprint density at radius 3 is 2.36 bits per heavy atom. The highest BCUT2D eigenvalue weighted by atomic mass is 32.2. The van der Waals surface area contributed by atoms with E-state index in [9.17, 15) is 8.60 Å². The number of hydrogen-bond acceptors (Lipinski definition) is 1. The van der Waals surface area contributed by atoms with E-state index < -0.39 is 10.8 Å². The molecule has 3 atom stereocenters. The van der Waals surface area contributed by atoms with Crippen LogP contribution in [-0.4, -0.2) is 9.46 Å². The normalized spacial score (nSPS) is 28.1. The van der Waals surface area contributed by atoms with Gasteiger partial charge in [0.2, 0.25) is 0 Å². The van der Waals surface area contributed by atoms with Gasteiger partial charge in [-0.25, -0.2) is 4.39 Å². The third-order valence-electron chi connectivity index (χ3n) is 2.86. The van der Waals surface area contributed by atoms with E-state index in [-0.39, 0.29) is 11.1 Å². The summed E-state index contributed by atoms with van der Waals surface area (Å²) in [6.45, 7) is 2.12. The molecule has 3 unspecified atom stereocenters. The first kappa shape index (κ1) is 9.84. The minimum absolute atomic E-state index is 0.271. The van der Waals surface area contributed by atoms with E-state index in [2.05, 4.69) is 6.92 Å². The molecule has 0 amide bonds. The van der Waals surface area contributed by atoms with Crippen LogP contribution in [0.3, 0.4) is 0 Å². The zero-order chi connectivity index (χ0) is 10.1. The van der Waals surface area contributed by atoms with E-state index in [0.29, 0.717) is 5.92 Å². The number of rotatable bonds is 2. The van der Waals surface area contributed by atoms with E-state index in [0.717, 1.165) is 17.7 Å². The molecule has 1 aromatic carbocycles. The predicted octanol–water partition coefficient (Wildman–Crippen LogP) is 2.73. The van der Waals surface area contributed by atoms with E-state index in [1.807, 2.05) is 0 Å². The summed E-state index contributed by atoms with van der Waals surface area (Å²) in [6.07, 6.45) is 2.20. The van der Waals surface area contributed by atoms with Gasteiger partial charge >= 0.3 is 0 Å². The molecule has 1 aliphatic carbocycles. The van der Waals surface area contributed by atoms with Crippen LogP contribution >= 0.6 is 0 Å². The van der Waals surface area contributed by atoms with Gasteiger partial charge in [0.05, 0.1) is 10.8 Å². The largest absolute Gasteiger partial charge is 0.254 e. The van der Waals surface area contributed by atoms with Crippen molar-refractivity contribution in [2.24, 2.45) is 5.92 Å². The van der Waals surface area contributed by atoms with E-state index >= 15 is 0 Å². The van der Waals surface area contributed by atoms with Crippen molar-refractivity contribution < 1.29 is 8.60 Å². The lowest BCUT2D eigenvalue weighted by Crippen LogP contribution is -2.33. The third-order valence-corrected chi connectivity index (χ3v) is 4.85. The summed E-state index contributed by atoms with van der Waals surface area (Å²) in [6, 6.07) is 5.99. The minimum Gasteiger partial charge on any atom is -0.254 e. The smallest absolute Gasteiger partial charge is 0.123 e. The van der Waals surface area contributed by atoms with Crippen LogP contribution in [0.5, 0.6) is 0 Å². The van der Waals surface area contributed by atoms with Gasteiger partial charge in [0.15, 0.2) is 0 Å². The SMILES string of the molecule is CC1CCC1S(=O)c1ccc(F)cc1. The molecule has 3 heteroatoms. The molecule has 0 N–H and O–H groups in total. The van der Waals surface area contributed by atoms with Gasteiger partial charge in [0.1, 0.15) is 5.82 Å². The fourth-order valence-electron chi connectivity index (χ4n) is 1.70. The maximum Gasteiger partial charge on any atom is 0.123 e. The Morgan fingerprint density at radius 2 is 1.93 bits per heavy atom. The molecule has 0 radical (unpaired) electrons. The minimum atomic E-state index is -0.946. The van der Waals surface area contributed by atoms with E-state index in [4.69, 9.17) is 0 Å². The van der Waals surface area contributed by atoms with Crippen molar-refractivity contribution in [3.05, 3.63) is 30.1 Å². The van der Waals surface area contributed by atoms with Crippen LogP contribution in [0, 0.1) is 11.7 Å². The standard InChI is InChI=1S/C11H13FOS/c1-8-2-7-11(8)14(13)10-5-3-9(12)4-6-10/h3-6,8,11H,2,7H2,1H3. The molecular weight excluding hydrogens is 199 g/mol. The Hall–Kier alpha value is -0.700. The predicted molar refractivity (Wildman–Crippen MR) is 55.0 cm³/mol.